The third-order valence-electron chi connectivity index (χ3n) is 2.18. The maximum Gasteiger partial charge on any atom is 0.335 e. The Balaban J connectivity index is 2.92. The number of carboxylic acids is 1. The van der Waals surface area contributed by atoms with Crippen LogP contribution in [0, 0.1) is 4.77 Å². The van der Waals surface area contributed by atoms with Crippen molar-refractivity contribution < 1.29 is 9.90 Å². The van der Waals surface area contributed by atoms with Gasteiger partial charge in [0, 0.05) is 0 Å². The molecule has 0 unspecified atom stereocenters. The molecule has 0 spiro atoms. The van der Waals surface area contributed by atoms with Crippen LogP contribution in [0.3, 0.4) is 0 Å². The summed E-state index contributed by atoms with van der Waals surface area (Å²) < 4.78 is 0.845. The van der Waals surface area contributed by atoms with E-state index in [1.807, 2.05) is 0 Å². The molecular formula is C9H7N3O3S. The Bertz CT molecular complexity index is 701. The quantitative estimate of drug-likeness (QED) is 0.494. The standard InChI is InChI=1S/C9H7N3O3S/c10-12-7(13)5-2-1-4(8(14)15)3-6(5)11-9(12)16/h1-3H,10H2,(H,11,16)(H,14,15). The number of nitrogens with one attached hydrogen (secondary N) is 1. The second-order valence-corrected chi connectivity index (χ2v) is 3.56. The fraction of sp³-hybridized carbons (Fsp3) is 0. The summed E-state index contributed by atoms with van der Waals surface area (Å²) in [5, 5.41) is 9.08. The van der Waals surface area contributed by atoms with Gasteiger partial charge in [0.2, 0.25) is 0 Å². The van der Waals surface area contributed by atoms with E-state index in [2.05, 4.69) is 4.98 Å². The van der Waals surface area contributed by atoms with Crippen LogP contribution in [0.2, 0.25) is 0 Å². The SMILES string of the molecule is Nn1c(=S)[nH]c2cc(C(=O)O)ccc2c1=O. The molecule has 0 radical (unpaired) electrons. The van der Waals surface area contributed by atoms with Gasteiger partial charge in [0.15, 0.2) is 4.77 Å². The number of hydrogen-bond donors (Lipinski definition) is 3. The van der Waals surface area contributed by atoms with Crippen molar-refractivity contribution >= 4 is 29.1 Å². The first-order valence-electron chi connectivity index (χ1n) is 4.28. The van der Waals surface area contributed by atoms with Crippen LogP contribution in [0.25, 0.3) is 10.9 Å². The second kappa shape index (κ2) is 3.46. The van der Waals surface area contributed by atoms with Crippen LogP contribution < -0.4 is 11.4 Å². The van der Waals surface area contributed by atoms with Gasteiger partial charge in [-0.25, -0.2) is 4.79 Å². The largest absolute Gasteiger partial charge is 0.478 e. The van der Waals surface area contributed by atoms with Crippen LogP contribution in [-0.2, 0) is 0 Å². The molecule has 16 heavy (non-hydrogen) atoms. The summed E-state index contributed by atoms with van der Waals surface area (Å²) in [7, 11) is 0. The minimum absolute atomic E-state index is 0.0417. The lowest BCUT2D eigenvalue weighted by molar-refractivity contribution is 0.0697. The summed E-state index contributed by atoms with van der Waals surface area (Å²) >= 11 is 4.81. The second-order valence-electron chi connectivity index (χ2n) is 3.17. The number of hydrogen-bond acceptors (Lipinski definition) is 4. The molecule has 0 saturated carbocycles. The van der Waals surface area contributed by atoms with Crippen molar-refractivity contribution in [3.05, 3.63) is 38.9 Å². The van der Waals surface area contributed by atoms with Crippen LogP contribution >= 0.6 is 12.2 Å². The molecule has 0 fully saturated rings. The Morgan fingerprint density at radius 1 is 1.50 bits per heavy atom. The van der Waals surface area contributed by atoms with Crippen LogP contribution in [0.15, 0.2) is 23.0 Å². The first-order chi connectivity index (χ1) is 7.50. The first-order valence-corrected chi connectivity index (χ1v) is 4.69. The van der Waals surface area contributed by atoms with Gasteiger partial charge in [-0.3, -0.25) is 4.79 Å². The van der Waals surface area contributed by atoms with E-state index in [0.717, 1.165) is 4.68 Å². The summed E-state index contributed by atoms with van der Waals surface area (Å²) in [4.78, 5) is 25.1. The molecule has 1 aromatic carbocycles. The van der Waals surface area contributed by atoms with E-state index in [1.165, 1.54) is 18.2 Å². The molecule has 6 nitrogen and oxygen atoms in total. The molecule has 0 aliphatic heterocycles. The highest BCUT2D eigenvalue weighted by Crippen LogP contribution is 2.09. The highest BCUT2D eigenvalue weighted by atomic mass is 32.1. The molecule has 82 valence electrons. The Labute approximate surface area is 93.9 Å². The minimum Gasteiger partial charge on any atom is -0.478 e. The number of carboxylic acid groups (broad SMARTS) is 1. The van der Waals surface area contributed by atoms with Gasteiger partial charge in [-0.2, -0.15) is 4.68 Å². The molecule has 0 saturated heterocycles. The highest BCUT2D eigenvalue weighted by molar-refractivity contribution is 7.71. The lowest BCUT2D eigenvalue weighted by Gasteiger charge is -2.02. The number of nitrogen functional groups attached to an aromatic ring is 1. The molecule has 2 rings (SSSR count). The van der Waals surface area contributed by atoms with Gasteiger partial charge in [-0.1, -0.05) is 0 Å². The molecule has 7 heteroatoms. The van der Waals surface area contributed by atoms with Crippen molar-refractivity contribution in [1.82, 2.24) is 9.66 Å². The van der Waals surface area contributed by atoms with Gasteiger partial charge < -0.3 is 15.9 Å². The van der Waals surface area contributed by atoms with Gasteiger partial charge in [-0.15, -0.1) is 0 Å². The fourth-order valence-electron chi connectivity index (χ4n) is 1.36. The summed E-state index contributed by atoms with van der Waals surface area (Å²) in [6.45, 7) is 0. The van der Waals surface area contributed by atoms with Crippen LogP contribution in [0.5, 0.6) is 0 Å². The zero-order valence-electron chi connectivity index (χ0n) is 7.93. The number of benzene rings is 1. The van der Waals surface area contributed by atoms with Gasteiger partial charge in [0.05, 0.1) is 16.5 Å². The Morgan fingerprint density at radius 2 is 2.19 bits per heavy atom. The smallest absolute Gasteiger partial charge is 0.335 e. The number of H-pyrrole nitrogens is 1. The molecule has 0 atom stereocenters. The number of fused-ring (bicyclic) bond motifs is 1. The lowest BCUT2D eigenvalue weighted by Crippen LogP contribution is -2.28. The van der Waals surface area contributed by atoms with Gasteiger partial charge in [0.1, 0.15) is 0 Å². The Kier molecular flexibility index (Phi) is 2.24. The van der Waals surface area contributed by atoms with E-state index in [4.69, 9.17) is 23.2 Å². The van der Waals surface area contributed by atoms with E-state index in [9.17, 15) is 9.59 Å². The van der Waals surface area contributed by atoms with Crippen molar-refractivity contribution in [2.45, 2.75) is 0 Å². The maximum atomic E-state index is 11.6. The number of aromatic amines is 1. The van der Waals surface area contributed by atoms with E-state index < -0.39 is 11.5 Å². The predicted molar refractivity (Wildman–Crippen MR) is 60.5 cm³/mol. The lowest BCUT2D eigenvalue weighted by atomic mass is 10.1. The number of nitrogens with two attached hydrogens (primary N) is 1. The maximum absolute atomic E-state index is 11.6. The zero-order chi connectivity index (χ0) is 11.9. The number of aromatic nitrogens is 2. The van der Waals surface area contributed by atoms with Crippen molar-refractivity contribution in [1.29, 1.82) is 0 Å². The van der Waals surface area contributed by atoms with Crippen LogP contribution in [0.1, 0.15) is 10.4 Å². The van der Waals surface area contributed by atoms with Crippen molar-refractivity contribution in [3.63, 3.8) is 0 Å². The molecule has 1 heterocycles. The van der Waals surface area contributed by atoms with E-state index in [0.29, 0.717) is 10.9 Å². The number of carbonyl (C=O) groups is 1. The molecule has 0 aliphatic rings. The fourth-order valence-corrected chi connectivity index (χ4v) is 1.56. The average molecular weight is 237 g/mol. The molecule has 0 bridgehead atoms. The minimum atomic E-state index is -1.07. The average Bonchev–Trinajstić information content (AvgIpc) is 2.25. The number of aromatic carboxylic acids is 1. The van der Waals surface area contributed by atoms with E-state index in [-0.39, 0.29) is 10.3 Å². The molecule has 4 N–H and O–H groups in total. The van der Waals surface area contributed by atoms with Gasteiger partial charge >= 0.3 is 5.97 Å². The third kappa shape index (κ3) is 1.47. The Hall–Kier alpha value is -2.15. The molecule has 2 aromatic rings. The summed E-state index contributed by atoms with van der Waals surface area (Å²) in [6, 6.07) is 4.08. The van der Waals surface area contributed by atoms with Gasteiger partial charge in [0.25, 0.3) is 5.56 Å². The summed E-state index contributed by atoms with van der Waals surface area (Å²) in [5.41, 5.74) is -0.0281. The third-order valence-corrected chi connectivity index (χ3v) is 2.47. The zero-order valence-corrected chi connectivity index (χ0v) is 8.75. The summed E-state index contributed by atoms with van der Waals surface area (Å²) in [6.07, 6.45) is 0. The molecular weight excluding hydrogens is 230 g/mol. The number of nitrogens with zero attached hydrogens (tertiary/aromatic N) is 1. The van der Waals surface area contributed by atoms with Gasteiger partial charge in [-0.05, 0) is 30.4 Å². The number of rotatable bonds is 1. The normalized spacial score (nSPS) is 10.5. The molecule has 1 aromatic heterocycles. The van der Waals surface area contributed by atoms with Crippen molar-refractivity contribution in [2.75, 3.05) is 5.84 Å². The van der Waals surface area contributed by atoms with Crippen LogP contribution in [0.4, 0.5) is 0 Å². The van der Waals surface area contributed by atoms with Crippen LogP contribution in [-0.4, -0.2) is 20.7 Å². The highest BCUT2D eigenvalue weighted by Gasteiger charge is 2.07. The topological polar surface area (TPSA) is 101 Å². The van der Waals surface area contributed by atoms with Crippen molar-refractivity contribution in [3.8, 4) is 0 Å². The van der Waals surface area contributed by atoms with Crippen molar-refractivity contribution in [2.24, 2.45) is 0 Å². The molecule has 0 aliphatic carbocycles. The summed E-state index contributed by atoms with van der Waals surface area (Å²) in [5.74, 6) is 4.33. The molecule has 0 amide bonds. The monoisotopic (exact) mass is 237 g/mol. The predicted octanol–water partition coefficient (Wildman–Crippen LogP) is 0.471. The van der Waals surface area contributed by atoms with E-state index >= 15 is 0 Å². The van der Waals surface area contributed by atoms with E-state index in [1.54, 1.807) is 0 Å². The first kappa shape index (κ1) is 10.4. The Morgan fingerprint density at radius 3 is 2.81 bits per heavy atom.